The fourth-order valence-corrected chi connectivity index (χ4v) is 7.46. The molecule has 4 saturated heterocycles. The summed E-state index contributed by atoms with van der Waals surface area (Å²) in [5, 5.41) is 20.3. The Morgan fingerprint density at radius 2 is 1.40 bits per heavy atom. The number of hydrogen-bond acceptors (Lipinski definition) is 6. The van der Waals surface area contributed by atoms with Crippen molar-refractivity contribution in [3.8, 4) is 11.4 Å². The number of thiocarbonyl (C=S) groups is 2. The average Bonchev–Trinajstić information content (AvgIpc) is 3.81. The lowest BCUT2D eigenvalue weighted by molar-refractivity contribution is -0.0138. The molecule has 3 N–H and O–H groups in total. The highest BCUT2D eigenvalue weighted by Crippen LogP contribution is 2.36. The van der Waals surface area contributed by atoms with Gasteiger partial charge in [0.1, 0.15) is 0 Å². The standard InChI is InChI=1S/C33H40N10S2/c44-32(37-27-3-7-29(8-4-27)42-14-1-12-35-42)34-22-31-21-25-11-16-41(31)24-26(25)23-39-17-19-40(20-18-39)33(45)38-28-5-9-30(10-6-28)43-15-2-13-36-43/h1-10,12-15,25-26,31H,11,16-24H2,(H,38,45)(H2,34,37,44)/t25-,26-,31+/m0/s1. The number of benzene rings is 2. The number of nitrogens with zero attached hydrogens (tertiary/aromatic N) is 7. The van der Waals surface area contributed by atoms with Crippen molar-refractivity contribution in [2.45, 2.75) is 18.9 Å². The summed E-state index contributed by atoms with van der Waals surface area (Å²) in [6.07, 6.45) is 10.00. The van der Waals surface area contributed by atoms with Crippen LogP contribution in [0.1, 0.15) is 12.8 Å². The van der Waals surface area contributed by atoms with Gasteiger partial charge in [-0.05, 0) is 116 Å². The molecule has 0 spiro atoms. The zero-order valence-electron chi connectivity index (χ0n) is 25.3. The summed E-state index contributed by atoms with van der Waals surface area (Å²) in [6, 6.07) is 20.8. The van der Waals surface area contributed by atoms with Crippen LogP contribution in [0.3, 0.4) is 0 Å². The van der Waals surface area contributed by atoms with Crippen molar-refractivity contribution in [1.29, 1.82) is 0 Å². The molecule has 0 radical (unpaired) electrons. The molecule has 1 unspecified atom stereocenters. The maximum Gasteiger partial charge on any atom is 0.173 e. The van der Waals surface area contributed by atoms with Crippen molar-refractivity contribution in [2.75, 3.05) is 63.0 Å². The Hall–Kier alpha value is -3.84. The first-order valence-electron chi connectivity index (χ1n) is 15.8. The van der Waals surface area contributed by atoms with E-state index < -0.39 is 0 Å². The van der Waals surface area contributed by atoms with Gasteiger partial charge in [-0.25, -0.2) is 9.36 Å². The Labute approximate surface area is 275 Å². The molecule has 4 aromatic rings. The highest BCUT2D eigenvalue weighted by atomic mass is 32.1. The number of anilines is 2. The van der Waals surface area contributed by atoms with Crippen LogP contribution < -0.4 is 16.0 Å². The third-order valence-corrected chi connectivity index (χ3v) is 10.1. The molecule has 4 fully saturated rings. The van der Waals surface area contributed by atoms with E-state index in [1.807, 2.05) is 58.2 Å². The Kier molecular flexibility index (Phi) is 9.06. The normalized spacial score (nSPS) is 23.1. The van der Waals surface area contributed by atoms with E-state index in [1.54, 1.807) is 12.4 Å². The van der Waals surface area contributed by atoms with E-state index in [2.05, 4.69) is 65.1 Å². The van der Waals surface area contributed by atoms with Gasteiger partial charge in [-0.1, -0.05) is 0 Å². The number of piperazine rings is 1. The molecule has 0 saturated carbocycles. The van der Waals surface area contributed by atoms with Gasteiger partial charge in [-0.2, -0.15) is 10.2 Å². The Balaban J connectivity index is 0.822. The molecule has 45 heavy (non-hydrogen) atoms. The lowest BCUT2D eigenvalue weighted by Gasteiger charge is -2.51. The van der Waals surface area contributed by atoms with Crippen LogP contribution in [-0.4, -0.2) is 103 Å². The van der Waals surface area contributed by atoms with Gasteiger partial charge in [0.15, 0.2) is 10.2 Å². The van der Waals surface area contributed by atoms with Crippen molar-refractivity contribution >= 4 is 46.0 Å². The third-order valence-electron chi connectivity index (χ3n) is 9.45. The summed E-state index contributed by atoms with van der Waals surface area (Å²) in [7, 11) is 0. The van der Waals surface area contributed by atoms with E-state index in [4.69, 9.17) is 24.4 Å². The molecule has 6 heterocycles. The summed E-state index contributed by atoms with van der Waals surface area (Å²) in [4.78, 5) is 7.64. The van der Waals surface area contributed by atoms with Crippen molar-refractivity contribution in [2.24, 2.45) is 11.8 Å². The van der Waals surface area contributed by atoms with E-state index in [0.29, 0.717) is 11.2 Å². The van der Waals surface area contributed by atoms with E-state index in [9.17, 15) is 0 Å². The molecule has 4 aliphatic heterocycles. The molecule has 12 heteroatoms. The summed E-state index contributed by atoms with van der Waals surface area (Å²) in [5.41, 5.74) is 4.04. The van der Waals surface area contributed by atoms with Gasteiger partial charge >= 0.3 is 0 Å². The van der Waals surface area contributed by atoms with Gasteiger partial charge in [0, 0.05) is 88.0 Å². The van der Waals surface area contributed by atoms with E-state index in [1.165, 1.54) is 32.5 Å². The van der Waals surface area contributed by atoms with Crippen molar-refractivity contribution in [3.63, 3.8) is 0 Å². The summed E-state index contributed by atoms with van der Waals surface area (Å²) in [6.45, 7) is 8.46. The monoisotopic (exact) mass is 640 g/mol. The smallest absolute Gasteiger partial charge is 0.173 e. The third kappa shape index (κ3) is 7.19. The quantitative estimate of drug-likeness (QED) is 0.245. The second-order valence-corrected chi connectivity index (χ2v) is 13.0. The molecule has 4 aliphatic rings. The van der Waals surface area contributed by atoms with Gasteiger partial charge in [0.05, 0.1) is 11.4 Å². The molecule has 10 nitrogen and oxygen atoms in total. The Morgan fingerprint density at radius 1 is 0.778 bits per heavy atom. The minimum atomic E-state index is 0.538. The van der Waals surface area contributed by atoms with Gasteiger partial charge in [-0.15, -0.1) is 0 Å². The maximum atomic E-state index is 5.77. The SMILES string of the molecule is S=C(NC[C@H]1C[C@@H]2CCN1C[C@@H]2CN1CCN(C(=S)Nc2ccc(-n3cccn3)cc2)CC1)Nc1ccc(-n2cccn2)cc1. The Bertz CT molecular complexity index is 1550. The topological polar surface area (TPSA) is 81.5 Å². The lowest BCUT2D eigenvalue weighted by Crippen LogP contribution is -2.59. The molecule has 8 rings (SSSR count). The predicted octanol–water partition coefficient (Wildman–Crippen LogP) is 4.07. The number of rotatable bonds is 8. The van der Waals surface area contributed by atoms with Gasteiger partial charge in [-0.3, -0.25) is 9.80 Å². The average molecular weight is 641 g/mol. The van der Waals surface area contributed by atoms with Gasteiger partial charge in [0.25, 0.3) is 0 Å². The number of piperidine rings is 3. The van der Waals surface area contributed by atoms with Crippen LogP contribution >= 0.6 is 24.4 Å². The first-order chi connectivity index (χ1) is 22.1. The second-order valence-electron chi connectivity index (χ2n) is 12.2. The maximum absolute atomic E-state index is 5.77. The Morgan fingerprint density at radius 3 is 1.96 bits per heavy atom. The minimum absolute atomic E-state index is 0.538. The lowest BCUT2D eigenvalue weighted by atomic mass is 9.75. The zero-order valence-corrected chi connectivity index (χ0v) is 27.0. The van der Waals surface area contributed by atoms with Gasteiger partial charge < -0.3 is 20.9 Å². The number of aromatic nitrogens is 4. The van der Waals surface area contributed by atoms with E-state index in [-0.39, 0.29) is 0 Å². The van der Waals surface area contributed by atoms with E-state index >= 15 is 0 Å². The zero-order chi connectivity index (χ0) is 30.6. The number of hydrogen-bond donors (Lipinski definition) is 3. The first kappa shape index (κ1) is 29.8. The highest BCUT2D eigenvalue weighted by molar-refractivity contribution is 7.80. The molecule has 2 bridgehead atoms. The molecule has 2 aromatic carbocycles. The van der Waals surface area contributed by atoms with Crippen LogP contribution in [0, 0.1) is 11.8 Å². The van der Waals surface area contributed by atoms with Crippen molar-refractivity contribution in [1.82, 2.24) is 39.6 Å². The van der Waals surface area contributed by atoms with Crippen molar-refractivity contribution < 1.29 is 0 Å². The first-order valence-corrected chi connectivity index (χ1v) is 16.7. The fourth-order valence-electron chi connectivity index (χ4n) is 6.96. The van der Waals surface area contributed by atoms with E-state index in [0.717, 1.165) is 72.4 Å². The highest BCUT2D eigenvalue weighted by Gasteiger charge is 2.40. The molecule has 0 aliphatic carbocycles. The van der Waals surface area contributed by atoms with Gasteiger partial charge in [0.2, 0.25) is 0 Å². The fraction of sp³-hybridized carbons (Fsp3) is 0.394. The van der Waals surface area contributed by atoms with Crippen LogP contribution in [0.5, 0.6) is 0 Å². The number of fused-ring (bicyclic) bond motifs is 3. The summed E-state index contributed by atoms with van der Waals surface area (Å²) in [5.74, 6) is 1.52. The predicted molar refractivity (Wildman–Crippen MR) is 187 cm³/mol. The largest absolute Gasteiger partial charge is 0.361 e. The minimum Gasteiger partial charge on any atom is -0.361 e. The summed E-state index contributed by atoms with van der Waals surface area (Å²) < 4.78 is 3.70. The van der Waals surface area contributed by atoms with Crippen LogP contribution in [-0.2, 0) is 0 Å². The van der Waals surface area contributed by atoms with Crippen LogP contribution in [0.2, 0.25) is 0 Å². The summed E-state index contributed by atoms with van der Waals surface area (Å²) >= 11 is 11.4. The number of nitrogens with one attached hydrogen (secondary N) is 3. The second kappa shape index (κ2) is 13.7. The molecular formula is C33H40N10S2. The molecule has 234 valence electrons. The van der Waals surface area contributed by atoms with Crippen LogP contribution in [0.15, 0.2) is 85.5 Å². The molecule has 0 amide bonds. The molecular weight excluding hydrogens is 601 g/mol. The molecule has 2 aromatic heterocycles. The van der Waals surface area contributed by atoms with Crippen molar-refractivity contribution in [3.05, 3.63) is 85.5 Å². The van der Waals surface area contributed by atoms with Crippen LogP contribution in [0.25, 0.3) is 11.4 Å². The molecule has 4 atom stereocenters. The van der Waals surface area contributed by atoms with Crippen LogP contribution in [0.4, 0.5) is 11.4 Å².